The van der Waals surface area contributed by atoms with Crippen molar-refractivity contribution >= 4 is 22.6 Å². The number of benzene rings is 1. The van der Waals surface area contributed by atoms with Gasteiger partial charge < -0.3 is 15.2 Å². The maximum absolute atomic E-state index is 12.4. The molecular formula is C14H18N4O. The summed E-state index contributed by atoms with van der Waals surface area (Å²) >= 11 is 0. The molecular weight excluding hydrogens is 240 g/mol. The van der Waals surface area contributed by atoms with Gasteiger partial charge in [-0.2, -0.15) is 0 Å². The van der Waals surface area contributed by atoms with E-state index in [1.165, 1.54) is 0 Å². The predicted molar refractivity (Wildman–Crippen MR) is 74.7 cm³/mol. The Morgan fingerprint density at radius 1 is 1.37 bits per heavy atom. The van der Waals surface area contributed by atoms with Crippen LogP contribution in [-0.4, -0.2) is 33.4 Å². The van der Waals surface area contributed by atoms with Crippen molar-refractivity contribution in [2.24, 2.45) is 0 Å². The topological polar surface area (TPSA) is 64.2 Å². The second kappa shape index (κ2) is 4.57. The summed E-state index contributed by atoms with van der Waals surface area (Å²) in [5, 5.41) is 0. The van der Waals surface area contributed by atoms with Crippen LogP contribution in [0.1, 0.15) is 25.8 Å². The van der Waals surface area contributed by atoms with E-state index in [1.807, 2.05) is 34.6 Å². The lowest BCUT2D eigenvalue weighted by atomic mass is 10.2. The molecule has 1 saturated heterocycles. The molecule has 0 aliphatic carbocycles. The van der Waals surface area contributed by atoms with Crippen molar-refractivity contribution in [3.8, 4) is 0 Å². The summed E-state index contributed by atoms with van der Waals surface area (Å²) in [4.78, 5) is 18.7. The van der Waals surface area contributed by atoms with Crippen LogP contribution in [-0.2, 0) is 4.79 Å². The van der Waals surface area contributed by atoms with Gasteiger partial charge >= 0.3 is 0 Å². The van der Waals surface area contributed by atoms with Gasteiger partial charge in [-0.1, -0.05) is 0 Å². The second-order valence-electron chi connectivity index (χ2n) is 5.11. The molecule has 1 aliphatic rings. The van der Waals surface area contributed by atoms with Gasteiger partial charge in [-0.05, 0) is 38.0 Å². The van der Waals surface area contributed by atoms with E-state index in [0.29, 0.717) is 5.69 Å². The average Bonchev–Trinajstić information content (AvgIpc) is 3.05. The number of rotatable bonds is 2. The van der Waals surface area contributed by atoms with Crippen molar-refractivity contribution in [3.63, 3.8) is 0 Å². The number of nitrogens with zero attached hydrogens (tertiary/aromatic N) is 3. The average molecular weight is 258 g/mol. The number of anilines is 1. The zero-order valence-corrected chi connectivity index (χ0v) is 11.0. The monoisotopic (exact) mass is 258 g/mol. The van der Waals surface area contributed by atoms with Crippen molar-refractivity contribution in [1.82, 2.24) is 14.5 Å². The standard InChI is InChI=1S/C14H18N4O/c1-10(14(19)17-6-2-3-7-17)18-9-16-12-8-11(15)4-5-13(12)18/h4-5,8-10H,2-3,6-7,15H2,1H3. The van der Waals surface area contributed by atoms with E-state index >= 15 is 0 Å². The number of aromatic nitrogens is 2. The maximum atomic E-state index is 12.4. The molecule has 0 bridgehead atoms. The van der Waals surface area contributed by atoms with Gasteiger partial charge in [0.2, 0.25) is 5.91 Å². The van der Waals surface area contributed by atoms with Crippen molar-refractivity contribution in [3.05, 3.63) is 24.5 Å². The van der Waals surface area contributed by atoms with E-state index in [2.05, 4.69) is 4.98 Å². The molecule has 2 N–H and O–H groups in total. The third kappa shape index (κ3) is 2.05. The van der Waals surface area contributed by atoms with Crippen LogP contribution in [0.3, 0.4) is 0 Å². The Balaban J connectivity index is 1.92. The minimum atomic E-state index is -0.216. The summed E-state index contributed by atoms with van der Waals surface area (Å²) in [7, 11) is 0. The van der Waals surface area contributed by atoms with Gasteiger partial charge in [0.1, 0.15) is 6.04 Å². The number of amides is 1. The fraction of sp³-hybridized carbons (Fsp3) is 0.429. The van der Waals surface area contributed by atoms with E-state index in [-0.39, 0.29) is 11.9 Å². The lowest BCUT2D eigenvalue weighted by Crippen LogP contribution is -2.33. The fourth-order valence-electron chi connectivity index (χ4n) is 2.68. The minimum absolute atomic E-state index is 0.175. The van der Waals surface area contributed by atoms with Crippen LogP contribution in [0.25, 0.3) is 11.0 Å². The lowest BCUT2D eigenvalue weighted by molar-refractivity contribution is -0.133. The molecule has 1 aromatic carbocycles. The van der Waals surface area contributed by atoms with Gasteiger partial charge in [-0.3, -0.25) is 4.79 Å². The van der Waals surface area contributed by atoms with Gasteiger partial charge in [-0.25, -0.2) is 4.98 Å². The van der Waals surface area contributed by atoms with Crippen LogP contribution in [0, 0.1) is 0 Å². The summed E-state index contributed by atoms with van der Waals surface area (Å²) < 4.78 is 1.93. The molecule has 0 radical (unpaired) electrons. The van der Waals surface area contributed by atoms with Gasteiger partial charge in [0.25, 0.3) is 0 Å². The molecule has 2 heterocycles. The zero-order chi connectivity index (χ0) is 13.4. The molecule has 1 aromatic heterocycles. The molecule has 100 valence electrons. The number of carbonyl (C=O) groups is 1. The number of nitrogens with two attached hydrogens (primary N) is 1. The highest BCUT2D eigenvalue weighted by Crippen LogP contribution is 2.22. The third-order valence-electron chi connectivity index (χ3n) is 3.79. The Hall–Kier alpha value is -2.04. The molecule has 5 heteroatoms. The first kappa shape index (κ1) is 12.0. The summed E-state index contributed by atoms with van der Waals surface area (Å²) in [5.74, 6) is 0.175. The first-order valence-electron chi connectivity index (χ1n) is 6.67. The number of imidazole rings is 1. The molecule has 1 aliphatic heterocycles. The summed E-state index contributed by atoms with van der Waals surface area (Å²) in [6.07, 6.45) is 3.95. The van der Waals surface area contributed by atoms with E-state index in [0.717, 1.165) is 37.0 Å². The van der Waals surface area contributed by atoms with Crippen molar-refractivity contribution in [2.75, 3.05) is 18.8 Å². The Kier molecular flexibility index (Phi) is 2.89. The smallest absolute Gasteiger partial charge is 0.245 e. The largest absolute Gasteiger partial charge is 0.399 e. The number of hydrogen-bond donors (Lipinski definition) is 1. The highest BCUT2D eigenvalue weighted by Gasteiger charge is 2.25. The Morgan fingerprint density at radius 2 is 2.11 bits per heavy atom. The molecule has 1 unspecified atom stereocenters. The van der Waals surface area contributed by atoms with Crippen LogP contribution in [0.5, 0.6) is 0 Å². The van der Waals surface area contributed by atoms with Crippen LogP contribution in [0.4, 0.5) is 5.69 Å². The highest BCUT2D eigenvalue weighted by atomic mass is 16.2. The van der Waals surface area contributed by atoms with Gasteiger partial charge in [0.05, 0.1) is 17.4 Å². The van der Waals surface area contributed by atoms with Crippen molar-refractivity contribution < 1.29 is 4.79 Å². The van der Waals surface area contributed by atoms with E-state index in [4.69, 9.17) is 5.73 Å². The second-order valence-corrected chi connectivity index (χ2v) is 5.11. The van der Waals surface area contributed by atoms with Gasteiger partial charge in [0, 0.05) is 18.8 Å². The van der Waals surface area contributed by atoms with Crippen LogP contribution < -0.4 is 5.73 Å². The van der Waals surface area contributed by atoms with E-state index in [1.54, 1.807) is 6.33 Å². The number of likely N-dealkylation sites (tertiary alicyclic amines) is 1. The maximum Gasteiger partial charge on any atom is 0.245 e. The molecule has 3 rings (SSSR count). The van der Waals surface area contributed by atoms with E-state index < -0.39 is 0 Å². The van der Waals surface area contributed by atoms with Crippen LogP contribution in [0.2, 0.25) is 0 Å². The SMILES string of the molecule is CC(C(=O)N1CCCC1)n1cnc2cc(N)ccc21. The molecule has 5 nitrogen and oxygen atoms in total. The summed E-state index contributed by atoms with van der Waals surface area (Å²) in [6, 6.07) is 5.38. The van der Waals surface area contributed by atoms with Gasteiger partial charge in [-0.15, -0.1) is 0 Å². The molecule has 1 amide bonds. The summed E-state index contributed by atoms with van der Waals surface area (Å²) in [5.41, 5.74) is 8.22. The highest BCUT2D eigenvalue weighted by molar-refractivity contribution is 5.85. The normalized spacial score (nSPS) is 17.0. The Bertz CT molecular complexity index is 613. The molecule has 0 saturated carbocycles. The zero-order valence-electron chi connectivity index (χ0n) is 11.0. The fourth-order valence-corrected chi connectivity index (χ4v) is 2.68. The molecule has 1 atom stereocenters. The molecule has 19 heavy (non-hydrogen) atoms. The number of nitrogen functional groups attached to an aromatic ring is 1. The quantitative estimate of drug-likeness (QED) is 0.835. The van der Waals surface area contributed by atoms with E-state index in [9.17, 15) is 4.79 Å². The third-order valence-corrected chi connectivity index (χ3v) is 3.79. The van der Waals surface area contributed by atoms with Crippen LogP contribution >= 0.6 is 0 Å². The molecule has 1 fully saturated rings. The van der Waals surface area contributed by atoms with Crippen molar-refractivity contribution in [2.45, 2.75) is 25.8 Å². The minimum Gasteiger partial charge on any atom is -0.399 e. The first-order chi connectivity index (χ1) is 9.16. The van der Waals surface area contributed by atoms with Crippen molar-refractivity contribution in [1.29, 1.82) is 0 Å². The lowest BCUT2D eigenvalue weighted by Gasteiger charge is -2.21. The Morgan fingerprint density at radius 3 is 2.84 bits per heavy atom. The molecule has 2 aromatic rings. The van der Waals surface area contributed by atoms with Gasteiger partial charge in [0.15, 0.2) is 0 Å². The molecule has 0 spiro atoms. The number of hydrogen-bond acceptors (Lipinski definition) is 3. The predicted octanol–water partition coefficient (Wildman–Crippen LogP) is 1.80. The first-order valence-corrected chi connectivity index (χ1v) is 6.67. The Labute approximate surface area is 112 Å². The number of carbonyl (C=O) groups excluding carboxylic acids is 1. The summed E-state index contributed by atoms with van der Waals surface area (Å²) in [6.45, 7) is 3.68. The van der Waals surface area contributed by atoms with Crippen LogP contribution in [0.15, 0.2) is 24.5 Å². The number of fused-ring (bicyclic) bond motifs is 1.